The van der Waals surface area contributed by atoms with E-state index < -0.39 is 0 Å². The third-order valence-corrected chi connectivity index (χ3v) is 6.02. The molecule has 0 aromatic heterocycles. The monoisotopic (exact) mass is 439 g/mol. The molecule has 0 spiro atoms. The predicted molar refractivity (Wildman–Crippen MR) is 129 cm³/mol. The van der Waals surface area contributed by atoms with Gasteiger partial charge in [-0.25, -0.2) is 0 Å². The van der Waals surface area contributed by atoms with E-state index in [0.717, 1.165) is 12.4 Å². The average Bonchev–Trinajstić information content (AvgIpc) is 2.74. The first-order chi connectivity index (χ1) is 14.3. The average molecular weight is 440 g/mol. The van der Waals surface area contributed by atoms with Gasteiger partial charge in [0.05, 0.1) is 20.2 Å². The molecule has 1 rings (SSSR count). The summed E-state index contributed by atoms with van der Waals surface area (Å²) in [5, 5.41) is 0. The zero-order valence-electron chi connectivity index (χ0n) is 20.3. The van der Waals surface area contributed by atoms with Gasteiger partial charge >= 0.3 is 0 Å². The zero-order valence-corrected chi connectivity index (χ0v) is 21.1. The standard InChI is InChI=1S/C27H49NO.ClH/c1-4-6-8-10-12-14-16-18-24-28(3)26-20-22-27(23-21-26)29-25-19-17-15-13-11-9-7-5-2;/h20-23H,4-19,24-25H2,1-3H3;1H. The van der Waals surface area contributed by atoms with Crippen LogP contribution in [0.3, 0.4) is 0 Å². The number of rotatable bonds is 20. The highest BCUT2D eigenvalue weighted by atomic mass is 35.5. The molecule has 0 aliphatic carbocycles. The Kier molecular flexibility index (Phi) is 21.0. The SMILES string of the molecule is CCCCCCCCCCOc1ccc([NH+](C)CCCCCCCCCC)cc1.[Cl-]. The number of hydrogen-bond donors (Lipinski definition) is 1. The number of halogens is 1. The summed E-state index contributed by atoms with van der Waals surface area (Å²) in [6.07, 6.45) is 21.9. The molecule has 0 amide bonds. The maximum Gasteiger partial charge on any atom is 0.131 e. The molecule has 0 heterocycles. The van der Waals surface area contributed by atoms with Crippen LogP contribution in [0.15, 0.2) is 24.3 Å². The molecular weight excluding hydrogens is 390 g/mol. The number of benzene rings is 1. The molecule has 1 N–H and O–H groups in total. The summed E-state index contributed by atoms with van der Waals surface area (Å²) in [6.45, 7) is 6.65. The molecule has 0 bridgehead atoms. The molecule has 0 fully saturated rings. The lowest BCUT2D eigenvalue weighted by atomic mass is 10.1. The van der Waals surface area contributed by atoms with Gasteiger partial charge in [0.1, 0.15) is 11.4 Å². The summed E-state index contributed by atoms with van der Waals surface area (Å²) in [4.78, 5) is 1.52. The lowest BCUT2D eigenvalue weighted by Gasteiger charge is -2.14. The van der Waals surface area contributed by atoms with Crippen LogP contribution in [-0.2, 0) is 0 Å². The molecule has 2 nitrogen and oxygen atoms in total. The van der Waals surface area contributed by atoms with Crippen molar-refractivity contribution in [3.63, 3.8) is 0 Å². The molecule has 1 unspecified atom stereocenters. The van der Waals surface area contributed by atoms with Crippen LogP contribution >= 0.6 is 0 Å². The van der Waals surface area contributed by atoms with Crippen molar-refractivity contribution < 1.29 is 22.0 Å². The van der Waals surface area contributed by atoms with Crippen molar-refractivity contribution in [2.75, 3.05) is 20.2 Å². The van der Waals surface area contributed by atoms with Gasteiger partial charge < -0.3 is 22.0 Å². The maximum absolute atomic E-state index is 5.93. The van der Waals surface area contributed by atoms with E-state index in [0.29, 0.717) is 0 Å². The zero-order chi connectivity index (χ0) is 21.0. The molecule has 30 heavy (non-hydrogen) atoms. The highest BCUT2D eigenvalue weighted by Gasteiger charge is 2.06. The summed E-state index contributed by atoms with van der Waals surface area (Å²) in [5.74, 6) is 1.02. The molecular formula is C27H50ClNO. The van der Waals surface area contributed by atoms with E-state index in [1.165, 1.54) is 120 Å². The Bertz CT molecular complexity index is 462. The highest BCUT2D eigenvalue weighted by Crippen LogP contribution is 2.15. The van der Waals surface area contributed by atoms with Crippen molar-refractivity contribution in [1.29, 1.82) is 0 Å². The van der Waals surface area contributed by atoms with Crippen molar-refractivity contribution in [2.24, 2.45) is 0 Å². The van der Waals surface area contributed by atoms with Crippen molar-refractivity contribution in [3.05, 3.63) is 24.3 Å². The summed E-state index contributed by atoms with van der Waals surface area (Å²) >= 11 is 0. The quantitative estimate of drug-likeness (QED) is 0.295. The topological polar surface area (TPSA) is 13.7 Å². The van der Waals surface area contributed by atoms with Gasteiger partial charge in [-0.3, -0.25) is 0 Å². The number of unbranched alkanes of at least 4 members (excludes halogenated alkanes) is 14. The van der Waals surface area contributed by atoms with Gasteiger partial charge in [0.2, 0.25) is 0 Å². The van der Waals surface area contributed by atoms with Gasteiger partial charge in [0, 0.05) is 12.1 Å². The van der Waals surface area contributed by atoms with Gasteiger partial charge in [-0.15, -0.1) is 0 Å². The number of quaternary nitrogens is 1. The Morgan fingerprint density at radius 3 is 1.53 bits per heavy atom. The summed E-state index contributed by atoms with van der Waals surface area (Å²) in [7, 11) is 2.29. The molecule has 176 valence electrons. The van der Waals surface area contributed by atoms with Crippen molar-refractivity contribution in [1.82, 2.24) is 0 Å². The molecule has 3 heteroatoms. The largest absolute Gasteiger partial charge is 1.00 e. The Morgan fingerprint density at radius 2 is 1.03 bits per heavy atom. The van der Waals surface area contributed by atoms with Crippen molar-refractivity contribution in [2.45, 2.75) is 117 Å². The molecule has 1 aromatic carbocycles. The first-order valence-electron chi connectivity index (χ1n) is 12.8. The number of ether oxygens (including phenoxy) is 1. The van der Waals surface area contributed by atoms with Gasteiger partial charge in [0.25, 0.3) is 0 Å². The second-order valence-corrected chi connectivity index (χ2v) is 8.85. The highest BCUT2D eigenvalue weighted by molar-refractivity contribution is 5.35. The Labute approximate surface area is 194 Å². The van der Waals surface area contributed by atoms with Crippen LogP contribution in [0.4, 0.5) is 5.69 Å². The van der Waals surface area contributed by atoms with Crippen molar-refractivity contribution in [3.8, 4) is 5.75 Å². The van der Waals surface area contributed by atoms with Crippen LogP contribution < -0.4 is 22.0 Å². The van der Waals surface area contributed by atoms with Crippen LogP contribution in [0.2, 0.25) is 0 Å². The smallest absolute Gasteiger partial charge is 0.131 e. The van der Waals surface area contributed by atoms with E-state index in [-0.39, 0.29) is 12.4 Å². The van der Waals surface area contributed by atoms with Crippen LogP contribution in [-0.4, -0.2) is 20.2 Å². The number of hydrogen-bond acceptors (Lipinski definition) is 1. The van der Waals surface area contributed by atoms with E-state index in [4.69, 9.17) is 4.74 Å². The van der Waals surface area contributed by atoms with E-state index in [9.17, 15) is 0 Å². The van der Waals surface area contributed by atoms with Crippen LogP contribution in [0.5, 0.6) is 5.75 Å². The lowest BCUT2D eigenvalue weighted by Crippen LogP contribution is -3.03. The fourth-order valence-electron chi connectivity index (χ4n) is 3.93. The molecule has 1 atom stereocenters. The predicted octanol–water partition coefficient (Wildman–Crippen LogP) is 4.50. The third kappa shape index (κ3) is 16.0. The van der Waals surface area contributed by atoms with Crippen LogP contribution in [0, 0.1) is 0 Å². The first-order valence-corrected chi connectivity index (χ1v) is 12.8. The Balaban J connectivity index is 0.00000841. The second kappa shape index (κ2) is 21.5. The minimum Gasteiger partial charge on any atom is -1.00 e. The van der Waals surface area contributed by atoms with Crippen LogP contribution in [0.1, 0.15) is 117 Å². The van der Waals surface area contributed by atoms with Crippen molar-refractivity contribution >= 4 is 5.69 Å². The molecule has 0 saturated carbocycles. The van der Waals surface area contributed by atoms with Gasteiger partial charge in [-0.1, -0.05) is 97.3 Å². The molecule has 0 saturated heterocycles. The number of nitrogens with one attached hydrogen (secondary N) is 1. The summed E-state index contributed by atoms with van der Waals surface area (Å²) < 4.78 is 5.93. The third-order valence-electron chi connectivity index (χ3n) is 6.02. The minimum absolute atomic E-state index is 0. The summed E-state index contributed by atoms with van der Waals surface area (Å²) in [5.41, 5.74) is 1.38. The second-order valence-electron chi connectivity index (χ2n) is 8.85. The van der Waals surface area contributed by atoms with Gasteiger partial charge in [-0.05, 0) is 31.4 Å². The summed E-state index contributed by atoms with van der Waals surface area (Å²) in [6, 6.07) is 8.78. The van der Waals surface area contributed by atoms with E-state index in [1.54, 1.807) is 0 Å². The van der Waals surface area contributed by atoms with E-state index in [1.807, 2.05) is 0 Å². The Hall–Kier alpha value is -0.730. The van der Waals surface area contributed by atoms with Gasteiger partial charge in [-0.2, -0.15) is 0 Å². The van der Waals surface area contributed by atoms with E-state index in [2.05, 4.69) is 45.2 Å². The minimum atomic E-state index is 0. The molecule has 0 aliphatic rings. The molecule has 1 aromatic rings. The Morgan fingerprint density at radius 1 is 0.600 bits per heavy atom. The lowest BCUT2D eigenvalue weighted by molar-refractivity contribution is -0.810. The first kappa shape index (κ1) is 29.3. The van der Waals surface area contributed by atoms with Gasteiger partial charge in [0.15, 0.2) is 0 Å². The normalized spacial score (nSPS) is 11.8. The molecule has 0 radical (unpaired) electrons. The van der Waals surface area contributed by atoms with Crippen LogP contribution in [0.25, 0.3) is 0 Å². The molecule has 0 aliphatic heterocycles. The fourth-order valence-corrected chi connectivity index (χ4v) is 3.93. The fraction of sp³-hybridized carbons (Fsp3) is 0.778. The maximum atomic E-state index is 5.93. The van der Waals surface area contributed by atoms with E-state index >= 15 is 0 Å².